The van der Waals surface area contributed by atoms with Crippen LogP contribution in [-0.2, 0) is 52.3 Å². The molecule has 1 heterocycles. The molecule has 1 amide bonds. The number of nitrogens with zero attached hydrogens (tertiary/aromatic N) is 1. The van der Waals surface area contributed by atoms with Gasteiger partial charge in [0, 0.05) is 44.2 Å². The van der Waals surface area contributed by atoms with Gasteiger partial charge in [0.25, 0.3) is 0 Å². The highest BCUT2D eigenvalue weighted by molar-refractivity contribution is 8.76. The van der Waals surface area contributed by atoms with Crippen LogP contribution in [0.3, 0.4) is 0 Å². The maximum atomic E-state index is 12.8. The number of hydrogen-bond acceptors (Lipinski definition) is 18. The maximum absolute atomic E-state index is 12.8. The molecule has 76 heavy (non-hydrogen) atoms. The van der Waals surface area contributed by atoms with Gasteiger partial charge in [0.2, 0.25) is 5.91 Å². The molecule has 1 aromatic heterocycles. The topological polar surface area (TPSA) is 251 Å². The van der Waals surface area contributed by atoms with Gasteiger partial charge < -0.3 is 68.7 Å². The maximum Gasteiger partial charge on any atom is 0.305 e. The zero-order valence-electron chi connectivity index (χ0n) is 48.6. The molecule has 6 atom stereocenters. The quantitative estimate of drug-likeness (QED) is 0.0117. The minimum Gasteiger partial charge on any atom is -0.493 e. The summed E-state index contributed by atoms with van der Waals surface area (Å²) in [5.74, 6) is -0.438. The number of esters is 1. The second kappa shape index (κ2) is 35.2. The van der Waals surface area contributed by atoms with Crippen LogP contribution in [0.4, 0.5) is 0 Å². The van der Waals surface area contributed by atoms with Crippen LogP contribution in [0.15, 0.2) is 41.8 Å². The summed E-state index contributed by atoms with van der Waals surface area (Å²) in [6.45, 7) is 30.5. The number of hydrogen-bond donors (Lipinski definition) is 6. The molecule has 0 aromatic carbocycles. The summed E-state index contributed by atoms with van der Waals surface area (Å²) in [5, 5.41) is 54.4. The number of amides is 1. The Morgan fingerprint density at radius 2 is 1.20 bits per heavy atom. The van der Waals surface area contributed by atoms with Gasteiger partial charge in [-0.2, -0.15) is 0 Å². The molecule has 6 unspecified atom stereocenters. The first kappa shape index (κ1) is 71.4. The molecule has 0 fully saturated rings. The average molecular weight is 1120 g/mol. The predicted octanol–water partition coefficient (Wildman–Crippen LogP) is 9.38. The van der Waals surface area contributed by atoms with Crippen LogP contribution in [0.5, 0.6) is 0 Å². The van der Waals surface area contributed by atoms with Crippen LogP contribution >= 0.6 is 21.6 Å². The highest BCUT2D eigenvalue weighted by Crippen LogP contribution is 2.38. The smallest absolute Gasteiger partial charge is 0.305 e. The van der Waals surface area contributed by atoms with Crippen molar-refractivity contribution in [2.24, 2.45) is 16.2 Å². The third-order valence-electron chi connectivity index (χ3n) is 11.6. The fourth-order valence-corrected chi connectivity index (χ4v) is 10.4. The number of carboxylic acids is 1. The number of aromatic nitrogens is 1. The molecule has 0 spiro atoms. The predicted molar refractivity (Wildman–Crippen MR) is 297 cm³/mol. The lowest BCUT2D eigenvalue weighted by atomic mass is 9.77. The molecule has 0 aliphatic carbocycles. The van der Waals surface area contributed by atoms with Crippen molar-refractivity contribution in [3.8, 4) is 0 Å². The summed E-state index contributed by atoms with van der Waals surface area (Å²) in [4.78, 5) is 40.6. The van der Waals surface area contributed by atoms with E-state index in [9.17, 15) is 34.8 Å². The van der Waals surface area contributed by atoms with Gasteiger partial charge in [0.1, 0.15) is 18.2 Å². The van der Waals surface area contributed by atoms with E-state index in [-0.39, 0.29) is 63.6 Å². The molecule has 18 nitrogen and oxygen atoms in total. The molecule has 0 aliphatic rings. The molecule has 1 rings (SSSR count). The summed E-state index contributed by atoms with van der Waals surface area (Å²) in [6, 6.07) is 5.75. The van der Waals surface area contributed by atoms with Crippen LogP contribution in [0.2, 0.25) is 0 Å². The Bertz CT molecular complexity index is 1790. The van der Waals surface area contributed by atoms with E-state index in [0.717, 1.165) is 10.8 Å². The monoisotopic (exact) mass is 1120 g/mol. The normalized spacial score (nSPS) is 15.3. The standard InChI is InChI=1S/C56H100N2O16S2/c1-40(20-18-21-44(63)57-28-29-75-76-45-22-16-17-27-58-45)67-37-49(72-52(5,6)7)70-42(34-60)31-53(8,9)25-26-55(12,13)74-50(38-68-47(66)24-19-23-46(64)65)71-43(35-61)32-54(10,11)39-56(14,15)73-48(36-62)69-41(33-59)30-51(2,3)4/h16-17,22,27,41-43,48-50,59-62H,1,18-21,23-26,28-39H2,2-15H3,(H,57,63)(H,64,65). The van der Waals surface area contributed by atoms with E-state index < -0.39 is 83.4 Å². The zero-order chi connectivity index (χ0) is 57.8. The molecule has 6 N–H and O–H groups in total. The van der Waals surface area contributed by atoms with Gasteiger partial charge in [0.05, 0.1) is 67.3 Å². The lowest BCUT2D eigenvalue weighted by Crippen LogP contribution is -2.43. The largest absolute Gasteiger partial charge is 0.493 e. The first-order valence-electron chi connectivity index (χ1n) is 26.8. The Morgan fingerprint density at radius 1 is 0.645 bits per heavy atom. The molecule has 1 aromatic rings. The number of rotatable bonds is 43. The number of ether oxygens (including phenoxy) is 8. The van der Waals surface area contributed by atoms with Gasteiger partial charge in [-0.3, -0.25) is 14.4 Å². The molecular weight excluding hydrogens is 1020 g/mol. The summed E-state index contributed by atoms with van der Waals surface area (Å²) >= 11 is 0. The first-order chi connectivity index (χ1) is 35.2. The third-order valence-corrected chi connectivity index (χ3v) is 13.9. The van der Waals surface area contributed by atoms with Gasteiger partial charge in [-0.05, 0) is 139 Å². The van der Waals surface area contributed by atoms with Crippen molar-refractivity contribution in [1.29, 1.82) is 0 Å². The van der Waals surface area contributed by atoms with Crippen LogP contribution in [-0.4, -0.2) is 154 Å². The van der Waals surface area contributed by atoms with E-state index in [4.69, 9.17) is 43.0 Å². The van der Waals surface area contributed by atoms with Gasteiger partial charge in [0.15, 0.2) is 18.9 Å². The minimum absolute atomic E-state index is 0.0249. The Hall–Kier alpha value is -2.60. The highest BCUT2D eigenvalue weighted by atomic mass is 33.1. The number of aliphatic hydroxyl groups is 4. The number of allylic oxidation sites excluding steroid dienone is 1. The summed E-state index contributed by atoms with van der Waals surface area (Å²) in [7, 11) is 3.20. The lowest BCUT2D eigenvalue weighted by molar-refractivity contribution is -0.254. The summed E-state index contributed by atoms with van der Waals surface area (Å²) < 4.78 is 49.4. The highest BCUT2D eigenvalue weighted by Gasteiger charge is 2.37. The molecule has 0 radical (unpaired) electrons. The second-order valence-electron chi connectivity index (χ2n) is 24.5. The van der Waals surface area contributed by atoms with E-state index in [1.807, 2.05) is 101 Å². The summed E-state index contributed by atoms with van der Waals surface area (Å²) in [6.07, 6.45) is 0.937. The molecule has 20 heteroatoms. The van der Waals surface area contributed by atoms with E-state index in [1.54, 1.807) is 27.8 Å². The number of aliphatic hydroxyl groups excluding tert-OH is 4. The fourth-order valence-electron chi connectivity index (χ4n) is 8.65. The molecule has 0 saturated heterocycles. The average Bonchev–Trinajstić information content (AvgIpc) is 3.29. The van der Waals surface area contributed by atoms with Crippen LogP contribution in [0.1, 0.15) is 174 Å². The van der Waals surface area contributed by atoms with Crippen molar-refractivity contribution >= 4 is 39.4 Å². The van der Waals surface area contributed by atoms with E-state index in [1.165, 1.54) is 0 Å². The van der Waals surface area contributed by atoms with Gasteiger partial charge in [-0.15, -0.1) is 0 Å². The van der Waals surface area contributed by atoms with Gasteiger partial charge >= 0.3 is 11.9 Å². The Morgan fingerprint density at radius 3 is 1.75 bits per heavy atom. The van der Waals surface area contributed by atoms with Crippen molar-refractivity contribution in [2.75, 3.05) is 51.9 Å². The van der Waals surface area contributed by atoms with Gasteiger partial charge in [-0.25, -0.2) is 4.98 Å². The van der Waals surface area contributed by atoms with E-state index >= 15 is 0 Å². The number of aliphatic carboxylic acids is 1. The first-order valence-corrected chi connectivity index (χ1v) is 29.1. The van der Waals surface area contributed by atoms with Crippen molar-refractivity contribution < 1.29 is 77.8 Å². The Labute approximate surface area is 463 Å². The van der Waals surface area contributed by atoms with Gasteiger partial charge in [-0.1, -0.05) is 71.9 Å². The second-order valence-corrected chi connectivity index (χ2v) is 26.9. The molecule has 0 bridgehead atoms. The SMILES string of the molecule is C=C(CCCC(=O)NCCSSc1ccccn1)OCC(OC(CO)CC(C)(C)CCC(C)(C)OC(COC(=O)CCCC(=O)O)OC(CO)CC(C)(C)CC(C)(C)OC(CO)OC(CO)CC(C)(C)C)OC(C)(C)C. The van der Waals surface area contributed by atoms with Crippen LogP contribution < -0.4 is 5.32 Å². The Balaban J connectivity index is 2.98. The number of carboxylic acid groups (broad SMARTS) is 1. The van der Waals surface area contributed by atoms with Crippen molar-refractivity contribution in [2.45, 2.75) is 233 Å². The number of pyridine rings is 1. The minimum atomic E-state index is -1.11. The van der Waals surface area contributed by atoms with E-state index in [2.05, 4.69) is 30.7 Å². The number of carbonyl (C=O) groups excluding carboxylic acids is 2. The van der Waals surface area contributed by atoms with Crippen molar-refractivity contribution in [3.05, 3.63) is 36.7 Å². The molecule has 442 valence electrons. The summed E-state index contributed by atoms with van der Waals surface area (Å²) in [5.41, 5.74) is -3.31. The van der Waals surface area contributed by atoms with Crippen molar-refractivity contribution in [1.82, 2.24) is 10.3 Å². The van der Waals surface area contributed by atoms with Crippen molar-refractivity contribution in [3.63, 3.8) is 0 Å². The zero-order valence-corrected chi connectivity index (χ0v) is 50.2. The van der Waals surface area contributed by atoms with Crippen LogP contribution in [0.25, 0.3) is 0 Å². The number of carbonyl (C=O) groups is 3. The third kappa shape index (κ3) is 36.5. The molecule has 0 saturated carbocycles. The molecule has 0 aliphatic heterocycles. The molecular formula is C56H100N2O16S2. The fraction of sp³-hybridized carbons (Fsp3) is 0.821. The van der Waals surface area contributed by atoms with E-state index in [0.29, 0.717) is 70.1 Å². The lowest BCUT2D eigenvalue weighted by Gasteiger charge is -2.40. The Kier molecular flexibility index (Phi) is 33.1. The number of nitrogens with one attached hydrogen (secondary N) is 1. The van der Waals surface area contributed by atoms with Crippen LogP contribution in [0, 0.1) is 16.2 Å².